The maximum absolute atomic E-state index is 6.11. The van der Waals surface area contributed by atoms with Gasteiger partial charge in [0.2, 0.25) is 0 Å². The molecule has 0 aliphatic heterocycles. The maximum atomic E-state index is 6.11. The van der Waals surface area contributed by atoms with E-state index >= 15 is 0 Å². The van der Waals surface area contributed by atoms with Crippen molar-refractivity contribution >= 4 is 28.9 Å². The minimum Gasteiger partial charge on any atom is -0.488 e. The van der Waals surface area contributed by atoms with Crippen molar-refractivity contribution in [1.82, 2.24) is 0 Å². The van der Waals surface area contributed by atoms with Crippen LogP contribution in [0.4, 0.5) is 5.69 Å². The van der Waals surface area contributed by atoms with Crippen molar-refractivity contribution in [3.63, 3.8) is 0 Å². The van der Waals surface area contributed by atoms with E-state index in [1.165, 1.54) is 0 Å². The van der Waals surface area contributed by atoms with Gasteiger partial charge in [-0.3, -0.25) is 0 Å². The van der Waals surface area contributed by atoms with Crippen LogP contribution in [-0.2, 0) is 6.61 Å². The first kappa shape index (κ1) is 14.0. The molecule has 0 radical (unpaired) electrons. The molecule has 4 heteroatoms. The van der Waals surface area contributed by atoms with Crippen LogP contribution in [0.2, 0.25) is 10.0 Å². The summed E-state index contributed by atoms with van der Waals surface area (Å²) in [6, 6.07) is 9.23. The summed E-state index contributed by atoms with van der Waals surface area (Å²) in [5, 5.41) is 1.29. The summed E-state index contributed by atoms with van der Waals surface area (Å²) in [6.45, 7) is 4.27. The van der Waals surface area contributed by atoms with Gasteiger partial charge in [-0.1, -0.05) is 35.3 Å². The summed E-state index contributed by atoms with van der Waals surface area (Å²) in [6.07, 6.45) is 0. The first-order chi connectivity index (χ1) is 8.99. The van der Waals surface area contributed by atoms with Gasteiger partial charge in [0, 0.05) is 21.3 Å². The molecule has 0 saturated carbocycles. The Hall–Kier alpha value is -1.38. The van der Waals surface area contributed by atoms with Gasteiger partial charge in [0.25, 0.3) is 0 Å². The Morgan fingerprint density at radius 1 is 1.05 bits per heavy atom. The minimum atomic E-state index is 0.325. The van der Waals surface area contributed by atoms with Crippen molar-refractivity contribution in [2.24, 2.45) is 0 Å². The predicted octanol–water partition coefficient (Wildman–Crippen LogP) is 4.77. The van der Waals surface area contributed by atoms with Crippen LogP contribution in [0.15, 0.2) is 30.3 Å². The van der Waals surface area contributed by atoms with E-state index in [0.717, 1.165) is 22.4 Å². The van der Waals surface area contributed by atoms with Crippen LogP contribution in [0.3, 0.4) is 0 Å². The van der Waals surface area contributed by atoms with Gasteiger partial charge >= 0.3 is 0 Å². The third-order valence-electron chi connectivity index (χ3n) is 2.98. The number of halogens is 2. The quantitative estimate of drug-likeness (QED) is 0.828. The molecule has 0 bridgehead atoms. The number of hydrogen-bond donors (Lipinski definition) is 1. The Morgan fingerprint density at radius 2 is 1.79 bits per heavy atom. The number of ether oxygens (including phenoxy) is 1. The summed E-state index contributed by atoms with van der Waals surface area (Å²) in [7, 11) is 0. The molecule has 0 heterocycles. The number of anilines is 1. The van der Waals surface area contributed by atoms with Gasteiger partial charge in [0.1, 0.15) is 12.4 Å². The average Bonchev–Trinajstić information content (AvgIpc) is 2.34. The van der Waals surface area contributed by atoms with Crippen molar-refractivity contribution in [3.05, 3.63) is 57.1 Å². The van der Waals surface area contributed by atoms with Crippen molar-refractivity contribution in [3.8, 4) is 5.75 Å². The molecule has 0 saturated heterocycles. The Labute approximate surface area is 123 Å². The zero-order chi connectivity index (χ0) is 14.0. The van der Waals surface area contributed by atoms with E-state index in [4.69, 9.17) is 33.7 Å². The van der Waals surface area contributed by atoms with Gasteiger partial charge in [-0.25, -0.2) is 0 Å². The van der Waals surface area contributed by atoms with Crippen molar-refractivity contribution in [2.45, 2.75) is 20.5 Å². The molecule has 0 atom stereocenters. The van der Waals surface area contributed by atoms with Crippen LogP contribution in [0, 0.1) is 13.8 Å². The highest BCUT2D eigenvalue weighted by Gasteiger charge is 2.08. The van der Waals surface area contributed by atoms with Crippen molar-refractivity contribution in [1.29, 1.82) is 0 Å². The summed E-state index contributed by atoms with van der Waals surface area (Å²) in [4.78, 5) is 0. The minimum absolute atomic E-state index is 0.325. The zero-order valence-corrected chi connectivity index (χ0v) is 12.3. The Balaban J connectivity index is 2.22. The van der Waals surface area contributed by atoms with Gasteiger partial charge in [-0.15, -0.1) is 0 Å². The molecule has 0 aromatic heterocycles. The Morgan fingerprint density at radius 3 is 2.47 bits per heavy atom. The van der Waals surface area contributed by atoms with E-state index in [-0.39, 0.29) is 0 Å². The second-order valence-electron chi connectivity index (χ2n) is 4.46. The molecule has 2 aromatic carbocycles. The molecule has 0 aliphatic rings. The monoisotopic (exact) mass is 295 g/mol. The second-order valence-corrected chi connectivity index (χ2v) is 5.28. The molecule has 2 rings (SSSR count). The molecule has 0 amide bonds. The zero-order valence-electron chi connectivity index (χ0n) is 10.8. The Bertz CT molecular complexity index is 591. The third kappa shape index (κ3) is 3.14. The number of hydrogen-bond acceptors (Lipinski definition) is 2. The van der Waals surface area contributed by atoms with Crippen LogP contribution in [0.25, 0.3) is 0 Å². The summed E-state index contributed by atoms with van der Waals surface area (Å²) in [5.41, 5.74) is 9.37. The van der Waals surface area contributed by atoms with E-state index in [1.807, 2.05) is 32.0 Å². The van der Waals surface area contributed by atoms with Gasteiger partial charge in [0.15, 0.2) is 0 Å². The van der Waals surface area contributed by atoms with Crippen molar-refractivity contribution in [2.75, 3.05) is 5.73 Å². The van der Waals surface area contributed by atoms with Gasteiger partial charge in [-0.05, 0) is 43.2 Å². The van der Waals surface area contributed by atoms with Crippen LogP contribution in [0.5, 0.6) is 5.75 Å². The average molecular weight is 296 g/mol. The topological polar surface area (TPSA) is 35.2 Å². The van der Waals surface area contributed by atoms with Crippen LogP contribution < -0.4 is 10.5 Å². The van der Waals surface area contributed by atoms with E-state index in [1.54, 1.807) is 12.1 Å². The predicted molar refractivity (Wildman–Crippen MR) is 81.1 cm³/mol. The fraction of sp³-hybridized carbons (Fsp3) is 0.200. The van der Waals surface area contributed by atoms with E-state index in [0.29, 0.717) is 22.3 Å². The molecule has 19 heavy (non-hydrogen) atoms. The largest absolute Gasteiger partial charge is 0.488 e. The summed E-state index contributed by atoms with van der Waals surface area (Å²) >= 11 is 12.2. The number of benzene rings is 2. The molecule has 0 aliphatic carbocycles. The summed E-state index contributed by atoms with van der Waals surface area (Å²) < 4.78 is 5.77. The lowest BCUT2D eigenvalue weighted by Crippen LogP contribution is -2.02. The standard InChI is InChI=1S/C15H15Cl2NO/c1-9-6-10(2)15(7-13(9)17)19-8-11-12(16)4-3-5-14(11)18/h3-7H,8,18H2,1-2H3. The van der Waals surface area contributed by atoms with Crippen molar-refractivity contribution < 1.29 is 4.74 Å². The van der Waals surface area contributed by atoms with E-state index in [2.05, 4.69) is 0 Å². The van der Waals surface area contributed by atoms with Gasteiger partial charge in [0.05, 0.1) is 0 Å². The molecule has 0 fully saturated rings. The number of rotatable bonds is 3. The lowest BCUT2D eigenvalue weighted by atomic mass is 10.1. The molecule has 2 N–H and O–H groups in total. The molecule has 2 nitrogen and oxygen atoms in total. The molecule has 100 valence electrons. The van der Waals surface area contributed by atoms with Gasteiger partial charge < -0.3 is 10.5 Å². The van der Waals surface area contributed by atoms with Gasteiger partial charge in [-0.2, -0.15) is 0 Å². The smallest absolute Gasteiger partial charge is 0.124 e. The fourth-order valence-electron chi connectivity index (χ4n) is 1.84. The van der Waals surface area contributed by atoms with Crippen LogP contribution in [0.1, 0.15) is 16.7 Å². The molecule has 2 aromatic rings. The lowest BCUT2D eigenvalue weighted by molar-refractivity contribution is 0.305. The normalized spacial score (nSPS) is 10.5. The van der Waals surface area contributed by atoms with E-state index < -0.39 is 0 Å². The number of nitrogen functional groups attached to an aromatic ring is 1. The maximum Gasteiger partial charge on any atom is 0.124 e. The molecular formula is C15H15Cl2NO. The van der Waals surface area contributed by atoms with Crippen LogP contribution >= 0.6 is 23.2 Å². The highest BCUT2D eigenvalue weighted by atomic mass is 35.5. The molecule has 0 unspecified atom stereocenters. The lowest BCUT2D eigenvalue weighted by Gasteiger charge is -2.13. The first-order valence-electron chi connectivity index (χ1n) is 5.91. The fourth-order valence-corrected chi connectivity index (χ4v) is 2.23. The number of aryl methyl sites for hydroxylation is 2. The Kier molecular flexibility index (Phi) is 4.23. The van der Waals surface area contributed by atoms with Crippen LogP contribution in [-0.4, -0.2) is 0 Å². The highest BCUT2D eigenvalue weighted by molar-refractivity contribution is 6.32. The SMILES string of the molecule is Cc1cc(C)c(OCc2c(N)cccc2Cl)cc1Cl. The second kappa shape index (κ2) is 5.72. The molecular weight excluding hydrogens is 281 g/mol. The first-order valence-corrected chi connectivity index (χ1v) is 6.67. The van der Waals surface area contributed by atoms with E-state index in [9.17, 15) is 0 Å². The third-order valence-corrected chi connectivity index (χ3v) is 3.74. The number of nitrogens with two attached hydrogens (primary N) is 1. The summed E-state index contributed by atoms with van der Waals surface area (Å²) in [5.74, 6) is 0.745. The molecule has 0 spiro atoms. The highest BCUT2D eigenvalue weighted by Crippen LogP contribution is 2.29.